The van der Waals surface area contributed by atoms with Crippen molar-refractivity contribution in [1.82, 2.24) is 0 Å². The van der Waals surface area contributed by atoms with Gasteiger partial charge < -0.3 is 14.8 Å². The van der Waals surface area contributed by atoms with Crippen molar-refractivity contribution < 1.29 is 19.1 Å². The van der Waals surface area contributed by atoms with Gasteiger partial charge in [0, 0.05) is 11.3 Å². The van der Waals surface area contributed by atoms with E-state index in [0.29, 0.717) is 34.7 Å². The van der Waals surface area contributed by atoms with Gasteiger partial charge in [0.15, 0.2) is 5.78 Å². The Morgan fingerprint density at radius 2 is 2.00 bits per heavy atom. The maximum atomic E-state index is 12.4. The summed E-state index contributed by atoms with van der Waals surface area (Å²) in [6, 6.07) is 12.0. The first-order valence-corrected chi connectivity index (χ1v) is 7.70. The number of nitrogens with one attached hydrogen (secondary N) is 1. The highest BCUT2D eigenvalue weighted by atomic mass is 16.5. The summed E-state index contributed by atoms with van der Waals surface area (Å²) in [5.74, 6) is 0.909. The molecule has 1 aliphatic heterocycles. The number of ketones is 1. The summed E-state index contributed by atoms with van der Waals surface area (Å²) >= 11 is 0. The van der Waals surface area contributed by atoms with E-state index in [0.717, 1.165) is 0 Å². The summed E-state index contributed by atoms with van der Waals surface area (Å²) < 4.78 is 10.9. The van der Waals surface area contributed by atoms with Crippen molar-refractivity contribution in [3.05, 3.63) is 53.6 Å². The molecule has 0 saturated carbocycles. The number of benzene rings is 2. The molecule has 0 aliphatic carbocycles. The predicted molar refractivity (Wildman–Crippen MR) is 91.0 cm³/mol. The van der Waals surface area contributed by atoms with E-state index in [4.69, 9.17) is 9.47 Å². The Kier molecular flexibility index (Phi) is 4.01. The lowest BCUT2D eigenvalue weighted by Gasteiger charge is -2.31. The first kappa shape index (κ1) is 16.1. The lowest BCUT2D eigenvalue weighted by Crippen LogP contribution is -2.35. The zero-order valence-corrected chi connectivity index (χ0v) is 13.9. The van der Waals surface area contributed by atoms with Crippen LogP contribution in [-0.4, -0.2) is 24.4 Å². The van der Waals surface area contributed by atoms with Gasteiger partial charge in [-0.2, -0.15) is 0 Å². The van der Waals surface area contributed by atoms with Gasteiger partial charge in [0.05, 0.1) is 19.1 Å². The summed E-state index contributed by atoms with van der Waals surface area (Å²) in [6.45, 7) is 3.76. The van der Waals surface area contributed by atoms with Crippen LogP contribution in [0.3, 0.4) is 0 Å². The molecule has 24 heavy (non-hydrogen) atoms. The minimum absolute atomic E-state index is 0.0127. The molecule has 0 spiro atoms. The van der Waals surface area contributed by atoms with Crippen LogP contribution in [0.25, 0.3) is 0 Å². The Morgan fingerprint density at radius 3 is 2.75 bits per heavy atom. The molecule has 0 radical (unpaired) electrons. The fourth-order valence-electron chi connectivity index (χ4n) is 2.70. The normalized spacial score (nSPS) is 15.2. The van der Waals surface area contributed by atoms with Crippen molar-refractivity contribution in [2.24, 2.45) is 0 Å². The molecule has 5 nitrogen and oxygen atoms in total. The van der Waals surface area contributed by atoms with Crippen LogP contribution in [-0.2, 0) is 0 Å². The molecule has 0 fully saturated rings. The van der Waals surface area contributed by atoms with E-state index in [1.165, 1.54) is 0 Å². The second kappa shape index (κ2) is 6.00. The van der Waals surface area contributed by atoms with Crippen molar-refractivity contribution in [3.63, 3.8) is 0 Å². The van der Waals surface area contributed by atoms with Gasteiger partial charge >= 0.3 is 0 Å². The number of methoxy groups -OCH3 is 1. The van der Waals surface area contributed by atoms with Crippen molar-refractivity contribution in [2.75, 3.05) is 12.4 Å². The van der Waals surface area contributed by atoms with Crippen LogP contribution < -0.4 is 14.8 Å². The number of anilines is 1. The van der Waals surface area contributed by atoms with Crippen molar-refractivity contribution >= 4 is 17.4 Å². The number of fused-ring (bicyclic) bond motifs is 1. The van der Waals surface area contributed by atoms with Crippen LogP contribution in [0, 0.1) is 0 Å². The molecule has 1 amide bonds. The summed E-state index contributed by atoms with van der Waals surface area (Å²) in [4.78, 5) is 24.6. The molecular formula is C19H19NO4. The Labute approximate surface area is 140 Å². The minimum Gasteiger partial charge on any atom is -0.497 e. The second-order valence-corrected chi connectivity index (χ2v) is 6.36. The van der Waals surface area contributed by atoms with Gasteiger partial charge in [0.25, 0.3) is 5.91 Å². The lowest BCUT2D eigenvalue weighted by atomic mass is 9.93. The monoisotopic (exact) mass is 325 g/mol. The molecule has 124 valence electrons. The van der Waals surface area contributed by atoms with Crippen LogP contribution in [0.4, 0.5) is 5.69 Å². The number of hydrogen-bond acceptors (Lipinski definition) is 4. The van der Waals surface area contributed by atoms with E-state index in [2.05, 4.69) is 5.32 Å². The molecule has 1 aliphatic rings. The molecule has 0 aromatic heterocycles. The largest absolute Gasteiger partial charge is 0.497 e. The Hall–Kier alpha value is -2.82. The van der Waals surface area contributed by atoms with Crippen LogP contribution in [0.2, 0.25) is 0 Å². The van der Waals surface area contributed by atoms with Gasteiger partial charge in [0.2, 0.25) is 0 Å². The summed E-state index contributed by atoms with van der Waals surface area (Å²) in [7, 11) is 1.55. The third-order valence-electron chi connectivity index (χ3n) is 3.84. The zero-order valence-electron chi connectivity index (χ0n) is 13.9. The zero-order chi connectivity index (χ0) is 17.3. The molecule has 0 atom stereocenters. The first-order valence-electron chi connectivity index (χ1n) is 7.70. The van der Waals surface area contributed by atoms with Crippen molar-refractivity contribution in [1.29, 1.82) is 0 Å². The van der Waals surface area contributed by atoms with Gasteiger partial charge in [-0.05, 0) is 50.2 Å². The fourth-order valence-corrected chi connectivity index (χ4v) is 2.70. The SMILES string of the molecule is COc1cccc(C(=O)Nc2ccc3c(c2)C(=O)CC(C)(C)O3)c1. The van der Waals surface area contributed by atoms with Crippen LogP contribution in [0.5, 0.6) is 11.5 Å². The average Bonchev–Trinajstić information content (AvgIpc) is 2.54. The second-order valence-electron chi connectivity index (χ2n) is 6.36. The number of rotatable bonds is 3. The molecule has 1 N–H and O–H groups in total. The Morgan fingerprint density at radius 1 is 1.21 bits per heavy atom. The molecule has 1 heterocycles. The van der Waals surface area contributed by atoms with Crippen LogP contribution in [0.1, 0.15) is 41.0 Å². The van der Waals surface area contributed by atoms with Crippen LogP contribution in [0.15, 0.2) is 42.5 Å². The lowest BCUT2D eigenvalue weighted by molar-refractivity contribution is 0.0620. The number of ether oxygens (including phenoxy) is 2. The van der Waals surface area contributed by atoms with E-state index in [1.54, 1.807) is 49.6 Å². The predicted octanol–water partition coefficient (Wildman–Crippen LogP) is 3.69. The first-order chi connectivity index (χ1) is 11.4. The highest BCUT2D eigenvalue weighted by molar-refractivity contribution is 6.06. The van der Waals surface area contributed by atoms with Gasteiger partial charge in [-0.3, -0.25) is 9.59 Å². The molecule has 2 aromatic rings. The Balaban J connectivity index is 1.83. The quantitative estimate of drug-likeness (QED) is 0.935. The molecule has 0 saturated heterocycles. The fraction of sp³-hybridized carbons (Fsp3) is 0.263. The smallest absolute Gasteiger partial charge is 0.255 e. The van der Waals surface area contributed by atoms with E-state index in [1.807, 2.05) is 13.8 Å². The number of carbonyl (C=O) groups excluding carboxylic acids is 2. The van der Waals surface area contributed by atoms with Gasteiger partial charge in [0.1, 0.15) is 17.1 Å². The minimum atomic E-state index is -0.505. The molecule has 2 aromatic carbocycles. The Bertz CT molecular complexity index is 811. The number of hydrogen-bond donors (Lipinski definition) is 1. The maximum absolute atomic E-state index is 12.4. The summed E-state index contributed by atoms with van der Waals surface area (Å²) in [6.07, 6.45) is 0.313. The van der Waals surface area contributed by atoms with E-state index in [-0.39, 0.29) is 11.7 Å². The molecule has 0 unspecified atom stereocenters. The van der Waals surface area contributed by atoms with Gasteiger partial charge in [-0.1, -0.05) is 6.07 Å². The average molecular weight is 325 g/mol. The maximum Gasteiger partial charge on any atom is 0.255 e. The summed E-state index contributed by atoms with van der Waals surface area (Å²) in [5.41, 5.74) is 1.03. The van der Waals surface area contributed by atoms with Gasteiger partial charge in [-0.15, -0.1) is 0 Å². The summed E-state index contributed by atoms with van der Waals surface area (Å²) in [5, 5.41) is 2.80. The van der Waals surface area contributed by atoms with Crippen molar-refractivity contribution in [3.8, 4) is 11.5 Å². The molecule has 3 rings (SSSR count). The number of carbonyl (C=O) groups is 2. The highest BCUT2D eigenvalue weighted by Gasteiger charge is 2.32. The molecular weight excluding hydrogens is 306 g/mol. The topological polar surface area (TPSA) is 64.6 Å². The third kappa shape index (κ3) is 3.25. The van der Waals surface area contributed by atoms with E-state index < -0.39 is 5.60 Å². The molecule has 0 bridgehead atoms. The number of Topliss-reactive ketones (excluding diaryl/α,β-unsaturated/α-hetero) is 1. The van der Waals surface area contributed by atoms with Gasteiger partial charge in [-0.25, -0.2) is 0 Å². The van der Waals surface area contributed by atoms with E-state index in [9.17, 15) is 9.59 Å². The van der Waals surface area contributed by atoms with Crippen molar-refractivity contribution in [2.45, 2.75) is 25.9 Å². The van der Waals surface area contributed by atoms with Crippen LogP contribution >= 0.6 is 0 Å². The third-order valence-corrected chi connectivity index (χ3v) is 3.84. The molecule has 5 heteroatoms. The standard InChI is InChI=1S/C19H19NO4/c1-19(2)11-16(21)15-10-13(7-8-17(15)24-19)20-18(22)12-5-4-6-14(9-12)23-3/h4-10H,11H2,1-3H3,(H,20,22). The number of amides is 1. The highest BCUT2D eigenvalue weighted by Crippen LogP contribution is 2.34. The van der Waals surface area contributed by atoms with E-state index >= 15 is 0 Å².